The third-order valence-corrected chi connectivity index (χ3v) is 2.22. The van der Waals surface area contributed by atoms with E-state index in [-0.39, 0.29) is 6.61 Å². The fourth-order valence-electron chi connectivity index (χ4n) is 1.39. The maximum atomic E-state index is 13.0. The molecule has 0 unspecified atom stereocenters. The van der Waals surface area contributed by atoms with Gasteiger partial charge in [0.1, 0.15) is 0 Å². The predicted octanol–water partition coefficient (Wildman–Crippen LogP) is 2.52. The van der Waals surface area contributed by atoms with Crippen LogP contribution in [0, 0.1) is 11.6 Å². The third kappa shape index (κ3) is 2.06. The first-order valence-electron chi connectivity index (χ1n) is 4.72. The summed E-state index contributed by atoms with van der Waals surface area (Å²) in [5, 5.41) is 8.95. The molecule has 0 aliphatic heterocycles. The quantitative estimate of drug-likeness (QED) is 0.845. The number of aromatic nitrogens is 1. The maximum absolute atomic E-state index is 13.0. The molecule has 1 aromatic carbocycles. The molecule has 0 saturated heterocycles. The molecule has 0 atom stereocenters. The van der Waals surface area contributed by atoms with Crippen LogP contribution in [0.4, 0.5) is 8.78 Å². The van der Waals surface area contributed by atoms with Gasteiger partial charge in [0.15, 0.2) is 11.6 Å². The molecule has 0 saturated carbocycles. The molecule has 0 fully saturated rings. The molecule has 4 heteroatoms. The van der Waals surface area contributed by atoms with E-state index in [9.17, 15) is 8.78 Å². The Morgan fingerprint density at radius 3 is 2.56 bits per heavy atom. The van der Waals surface area contributed by atoms with Gasteiger partial charge in [0.25, 0.3) is 0 Å². The second kappa shape index (κ2) is 4.37. The fourth-order valence-corrected chi connectivity index (χ4v) is 1.39. The minimum Gasteiger partial charge on any atom is -0.392 e. The zero-order valence-corrected chi connectivity index (χ0v) is 8.32. The Hall–Kier alpha value is -1.81. The minimum atomic E-state index is -0.909. The van der Waals surface area contributed by atoms with E-state index in [1.807, 2.05) is 0 Å². The Balaban J connectivity index is 2.46. The summed E-state index contributed by atoms with van der Waals surface area (Å²) in [6.45, 7) is -0.112. The number of hydrogen-bond acceptors (Lipinski definition) is 2. The predicted molar refractivity (Wildman–Crippen MR) is 55.5 cm³/mol. The summed E-state index contributed by atoms with van der Waals surface area (Å²) in [7, 11) is 0. The van der Waals surface area contributed by atoms with Crippen LogP contribution >= 0.6 is 0 Å². The highest BCUT2D eigenvalue weighted by Gasteiger charge is 2.05. The first kappa shape index (κ1) is 10.7. The van der Waals surface area contributed by atoms with E-state index in [2.05, 4.69) is 4.98 Å². The Morgan fingerprint density at radius 2 is 1.88 bits per heavy atom. The molecule has 0 amide bonds. The highest BCUT2D eigenvalue weighted by molar-refractivity contribution is 5.59. The fraction of sp³-hybridized carbons (Fsp3) is 0.0833. The zero-order chi connectivity index (χ0) is 11.5. The Bertz CT molecular complexity index is 514. The van der Waals surface area contributed by atoms with Gasteiger partial charge in [-0.3, -0.25) is 4.98 Å². The molecule has 0 bridgehead atoms. The van der Waals surface area contributed by atoms with Crippen molar-refractivity contribution < 1.29 is 13.9 Å². The van der Waals surface area contributed by atoms with Crippen LogP contribution in [0.5, 0.6) is 0 Å². The molecule has 1 aromatic heterocycles. The molecule has 1 N–H and O–H groups in total. The van der Waals surface area contributed by atoms with E-state index in [1.54, 1.807) is 12.1 Å². The van der Waals surface area contributed by atoms with Crippen molar-refractivity contribution in [3.8, 4) is 11.3 Å². The van der Waals surface area contributed by atoms with Gasteiger partial charge in [-0.1, -0.05) is 0 Å². The summed E-state index contributed by atoms with van der Waals surface area (Å²) < 4.78 is 25.7. The standard InChI is InChI=1S/C12H9F2NO/c13-10-2-1-9(6-11(10)14)12-5-8(7-16)3-4-15-12/h1-6,16H,7H2. The lowest BCUT2D eigenvalue weighted by molar-refractivity contribution is 0.282. The average molecular weight is 221 g/mol. The Labute approximate surface area is 91.2 Å². The molecule has 2 rings (SSSR count). The number of pyridine rings is 1. The van der Waals surface area contributed by atoms with E-state index >= 15 is 0 Å². The van der Waals surface area contributed by atoms with Crippen molar-refractivity contribution >= 4 is 0 Å². The number of halogens is 2. The lowest BCUT2D eigenvalue weighted by Gasteiger charge is -2.03. The van der Waals surface area contributed by atoms with E-state index in [0.717, 1.165) is 12.1 Å². The second-order valence-electron chi connectivity index (χ2n) is 3.34. The summed E-state index contributed by atoms with van der Waals surface area (Å²) in [5.74, 6) is -1.80. The summed E-state index contributed by atoms with van der Waals surface area (Å²) in [6, 6.07) is 6.87. The van der Waals surface area contributed by atoms with Gasteiger partial charge in [-0.2, -0.15) is 0 Å². The molecule has 16 heavy (non-hydrogen) atoms. The van der Waals surface area contributed by atoms with Crippen LogP contribution in [-0.2, 0) is 6.61 Å². The van der Waals surface area contributed by atoms with Crippen molar-refractivity contribution in [2.24, 2.45) is 0 Å². The smallest absolute Gasteiger partial charge is 0.159 e. The number of aliphatic hydroxyl groups excluding tert-OH is 1. The van der Waals surface area contributed by atoms with E-state index in [1.165, 1.54) is 12.3 Å². The molecule has 0 radical (unpaired) electrons. The van der Waals surface area contributed by atoms with Gasteiger partial charge in [-0.05, 0) is 35.9 Å². The van der Waals surface area contributed by atoms with Crippen LogP contribution in [-0.4, -0.2) is 10.1 Å². The number of rotatable bonds is 2. The Morgan fingerprint density at radius 1 is 1.06 bits per heavy atom. The van der Waals surface area contributed by atoms with E-state index < -0.39 is 11.6 Å². The molecule has 82 valence electrons. The van der Waals surface area contributed by atoms with Gasteiger partial charge in [-0.25, -0.2) is 8.78 Å². The molecule has 0 aliphatic carbocycles. The summed E-state index contributed by atoms with van der Waals surface area (Å²) >= 11 is 0. The lowest BCUT2D eigenvalue weighted by atomic mass is 10.1. The summed E-state index contributed by atoms with van der Waals surface area (Å²) in [4.78, 5) is 4.03. The largest absolute Gasteiger partial charge is 0.392 e. The molecule has 0 aliphatic rings. The van der Waals surface area contributed by atoms with Crippen molar-refractivity contribution in [1.82, 2.24) is 4.98 Å². The van der Waals surface area contributed by atoms with Gasteiger partial charge in [0.05, 0.1) is 12.3 Å². The molecule has 1 heterocycles. The molecule has 2 aromatic rings. The van der Waals surface area contributed by atoms with Crippen LogP contribution in [0.3, 0.4) is 0 Å². The highest BCUT2D eigenvalue weighted by atomic mass is 19.2. The van der Waals surface area contributed by atoms with Crippen molar-refractivity contribution in [2.45, 2.75) is 6.61 Å². The number of nitrogens with zero attached hydrogens (tertiary/aromatic N) is 1. The molecule has 0 spiro atoms. The first-order chi connectivity index (χ1) is 7.70. The van der Waals surface area contributed by atoms with Crippen LogP contribution in [0.2, 0.25) is 0 Å². The number of benzene rings is 1. The summed E-state index contributed by atoms with van der Waals surface area (Å²) in [6.07, 6.45) is 1.52. The second-order valence-corrected chi connectivity index (χ2v) is 3.34. The van der Waals surface area contributed by atoms with Crippen molar-refractivity contribution in [3.63, 3.8) is 0 Å². The topological polar surface area (TPSA) is 33.1 Å². The van der Waals surface area contributed by atoms with Crippen LogP contribution in [0.25, 0.3) is 11.3 Å². The van der Waals surface area contributed by atoms with Gasteiger partial charge in [0, 0.05) is 11.8 Å². The van der Waals surface area contributed by atoms with Gasteiger partial charge >= 0.3 is 0 Å². The monoisotopic (exact) mass is 221 g/mol. The zero-order valence-electron chi connectivity index (χ0n) is 8.32. The molecule has 2 nitrogen and oxygen atoms in total. The normalized spacial score (nSPS) is 10.4. The number of hydrogen-bond donors (Lipinski definition) is 1. The van der Waals surface area contributed by atoms with Crippen molar-refractivity contribution in [1.29, 1.82) is 0 Å². The van der Waals surface area contributed by atoms with Crippen LogP contribution < -0.4 is 0 Å². The van der Waals surface area contributed by atoms with Gasteiger partial charge in [-0.15, -0.1) is 0 Å². The van der Waals surface area contributed by atoms with E-state index in [4.69, 9.17) is 5.11 Å². The van der Waals surface area contributed by atoms with E-state index in [0.29, 0.717) is 16.8 Å². The maximum Gasteiger partial charge on any atom is 0.159 e. The SMILES string of the molecule is OCc1ccnc(-c2ccc(F)c(F)c2)c1. The van der Waals surface area contributed by atoms with Crippen LogP contribution in [0.1, 0.15) is 5.56 Å². The van der Waals surface area contributed by atoms with Gasteiger partial charge in [0.2, 0.25) is 0 Å². The minimum absolute atomic E-state index is 0.112. The first-order valence-corrected chi connectivity index (χ1v) is 4.72. The van der Waals surface area contributed by atoms with Crippen LogP contribution in [0.15, 0.2) is 36.5 Å². The van der Waals surface area contributed by atoms with Gasteiger partial charge < -0.3 is 5.11 Å². The summed E-state index contributed by atoms with van der Waals surface area (Å²) in [5.41, 5.74) is 1.66. The van der Waals surface area contributed by atoms with Crippen molar-refractivity contribution in [3.05, 3.63) is 53.7 Å². The molecular weight excluding hydrogens is 212 g/mol. The number of aliphatic hydroxyl groups is 1. The highest BCUT2D eigenvalue weighted by Crippen LogP contribution is 2.20. The Kier molecular flexibility index (Phi) is 2.92. The molecular formula is C12H9F2NO. The third-order valence-electron chi connectivity index (χ3n) is 2.22. The average Bonchev–Trinajstić information content (AvgIpc) is 2.33. The lowest BCUT2D eigenvalue weighted by Crippen LogP contribution is -1.90. The van der Waals surface area contributed by atoms with Crippen molar-refractivity contribution in [2.75, 3.05) is 0 Å².